The Morgan fingerprint density at radius 3 is 2.88 bits per heavy atom. The molecular formula is C13H28N2O. The van der Waals surface area contributed by atoms with E-state index >= 15 is 0 Å². The van der Waals surface area contributed by atoms with Crippen molar-refractivity contribution in [3.8, 4) is 0 Å². The van der Waals surface area contributed by atoms with Gasteiger partial charge in [-0.1, -0.05) is 6.92 Å². The SMILES string of the molecule is CCC1(C)CN(CCCOC)C(C)CCN1. The molecule has 1 aliphatic heterocycles. The van der Waals surface area contributed by atoms with Gasteiger partial charge in [-0.15, -0.1) is 0 Å². The van der Waals surface area contributed by atoms with Crippen molar-refractivity contribution in [2.24, 2.45) is 0 Å². The summed E-state index contributed by atoms with van der Waals surface area (Å²) in [5.41, 5.74) is 0.290. The Morgan fingerprint density at radius 1 is 1.50 bits per heavy atom. The maximum atomic E-state index is 5.14. The van der Waals surface area contributed by atoms with Crippen LogP contribution in [0.15, 0.2) is 0 Å². The van der Waals surface area contributed by atoms with Gasteiger partial charge >= 0.3 is 0 Å². The van der Waals surface area contributed by atoms with Crippen LogP contribution < -0.4 is 5.32 Å². The Kier molecular flexibility index (Phi) is 5.73. The molecule has 3 heteroatoms. The molecule has 0 amide bonds. The van der Waals surface area contributed by atoms with Crippen molar-refractivity contribution in [3.05, 3.63) is 0 Å². The highest BCUT2D eigenvalue weighted by molar-refractivity contribution is 4.90. The predicted molar refractivity (Wildman–Crippen MR) is 68.8 cm³/mol. The van der Waals surface area contributed by atoms with Gasteiger partial charge < -0.3 is 10.1 Å². The summed E-state index contributed by atoms with van der Waals surface area (Å²) in [6, 6.07) is 0.692. The fourth-order valence-corrected chi connectivity index (χ4v) is 2.37. The first kappa shape index (κ1) is 13.9. The van der Waals surface area contributed by atoms with Gasteiger partial charge in [-0.3, -0.25) is 4.90 Å². The Balaban J connectivity index is 2.49. The molecule has 0 aromatic heterocycles. The first-order chi connectivity index (χ1) is 7.61. The Bertz CT molecular complexity index is 198. The van der Waals surface area contributed by atoms with Crippen LogP contribution in [0.2, 0.25) is 0 Å². The molecule has 16 heavy (non-hydrogen) atoms. The average Bonchev–Trinajstić information content (AvgIpc) is 2.41. The van der Waals surface area contributed by atoms with Gasteiger partial charge in [0.1, 0.15) is 0 Å². The van der Waals surface area contributed by atoms with E-state index < -0.39 is 0 Å². The van der Waals surface area contributed by atoms with Gasteiger partial charge in [-0.05, 0) is 39.7 Å². The highest BCUT2D eigenvalue weighted by Crippen LogP contribution is 2.18. The fourth-order valence-electron chi connectivity index (χ4n) is 2.37. The van der Waals surface area contributed by atoms with Gasteiger partial charge in [0, 0.05) is 38.4 Å². The van der Waals surface area contributed by atoms with E-state index in [0.29, 0.717) is 6.04 Å². The van der Waals surface area contributed by atoms with E-state index in [1.54, 1.807) is 7.11 Å². The molecule has 1 fully saturated rings. The minimum Gasteiger partial charge on any atom is -0.385 e. The topological polar surface area (TPSA) is 24.5 Å². The van der Waals surface area contributed by atoms with Crippen LogP contribution in [0.1, 0.15) is 40.0 Å². The molecule has 0 aromatic rings. The first-order valence-electron chi connectivity index (χ1n) is 6.59. The summed E-state index contributed by atoms with van der Waals surface area (Å²) in [5, 5.41) is 3.69. The molecule has 0 spiro atoms. The van der Waals surface area contributed by atoms with Gasteiger partial charge in [0.25, 0.3) is 0 Å². The van der Waals surface area contributed by atoms with Crippen LogP contribution in [0.3, 0.4) is 0 Å². The molecule has 1 aliphatic rings. The normalized spacial score (nSPS) is 32.6. The summed E-state index contributed by atoms with van der Waals surface area (Å²) in [7, 11) is 1.78. The number of rotatable bonds is 5. The van der Waals surface area contributed by atoms with Crippen molar-refractivity contribution < 1.29 is 4.74 Å². The van der Waals surface area contributed by atoms with Gasteiger partial charge in [0.2, 0.25) is 0 Å². The third-order valence-electron chi connectivity index (χ3n) is 3.86. The van der Waals surface area contributed by atoms with Crippen LogP contribution in [0.25, 0.3) is 0 Å². The number of hydrogen-bond acceptors (Lipinski definition) is 3. The summed E-state index contributed by atoms with van der Waals surface area (Å²) in [6.45, 7) is 11.3. The summed E-state index contributed by atoms with van der Waals surface area (Å²) in [4.78, 5) is 2.61. The molecule has 1 N–H and O–H groups in total. The smallest absolute Gasteiger partial charge is 0.0474 e. The van der Waals surface area contributed by atoms with Crippen molar-refractivity contribution >= 4 is 0 Å². The first-order valence-corrected chi connectivity index (χ1v) is 6.59. The average molecular weight is 228 g/mol. The maximum Gasteiger partial charge on any atom is 0.0474 e. The highest BCUT2D eigenvalue weighted by atomic mass is 16.5. The van der Waals surface area contributed by atoms with E-state index in [0.717, 1.165) is 32.7 Å². The number of ether oxygens (including phenoxy) is 1. The Morgan fingerprint density at radius 2 is 2.25 bits per heavy atom. The lowest BCUT2D eigenvalue weighted by molar-refractivity contribution is 0.137. The minimum absolute atomic E-state index is 0.290. The quantitative estimate of drug-likeness (QED) is 0.727. The molecule has 96 valence electrons. The third kappa shape index (κ3) is 4.04. The van der Waals surface area contributed by atoms with E-state index in [4.69, 9.17) is 4.74 Å². The van der Waals surface area contributed by atoms with Crippen molar-refractivity contribution in [3.63, 3.8) is 0 Å². The molecule has 2 atom stereocenters. The zero-order chi connectivity index (χ0) is 12.0. The van der Waals surface area contributed by atoms with Gasteiger partial charge in [0.05, 0.1) is 0 Å². The van der Waals surface area contributed by atoms with E-state index in [1.807, 2.05) is 0 Å². The lowest BCUT2D eigenvalue weighted by Gasteiger charge is -2.34. The summed E-state index contributed by atoms with van der Waals surface area (Å²) < 4.78 is 5.14. The van der Waals surface area contributed by atoms with Crippen LogP contribution in [-0.2, 0) is 4.74 Å². The number of nitrogens with zero attached hydrogens (tertiary/aromatic N) is 1. The zero-order valence-electron chi connectivity index (χ0n) is 11.4. The largest absolute Gasteiger partial charge is 0.385 e. The van der Waals surface area contributed by atoms with Crippen LogP contribution in [0.5, 0.6) is 0 Å². The van der Waals surface area contributed by atoms with Gasteiger partial charge in [0.15, 0.2) is 0 Å². The standard InChI is InChI=1S/C13H28N2O/c1-5-13(3)11-15(9-6-10-16-4)12(2)7-8-14-13/h12,14H,5-11H2,1-4H3. The summed E-state index contributed by atoms with van der Waals surface area (Å²) in [6.07, 6.45) is 3.59. The van der Waals surface area contributed by atoms with Crippen molar-refractivity contribution in [2.45, 2.75) is 51.6 Å². The van der Waals surface area contributed by atoms with Crippen molar-refractivity contribution in [1.29, 1.82) is 0 Å². The third-order valence-corrected chi connectivity index (χ3v) is 3.86. The van der Waals surface area contributed by atoms with Crippen LogP contribution in [0.4, 0.5) is 0 Å². The van der Waals surface area contributed by atoms with E-state index in [-0.39, 0.29) is 5.54 Å². The van der Waals surface area contributed by atoms with Gasteiger partial charge in [-0.2, -0.15) is 0 Å². The van der Waals surface area contributed by atoms with E-state index in [2.05, 4.69) is 31.0 Å². The Hall–Kier alpha value is -0.120. The lowest BCUT2D eigenvalue weighted by Crippen LogP contribution is -2.49. The second-order valence-corrected chi connectivity index (χ2v) is 5.30. The minimum atomic E-state index is 0.290. The zero-order valence-corrected chi connectivity index (χ0v) is 11.4. The molecule has 1 rings (SSSR count). The fraction of sp³-hybridized carbons (Fsp3) is 1.00. The monoisotopic (exact) mass is 228 g/mol. The molecule has 3 nitrogen and oxygen atoms in total. The number of nitrogens with one attached hydrogen (secondary N) is 1. The second-order valence-electron chi connectivity index (χ2n) is 5.30. The van der Waals surface area contributed by atoms with Crippen molar-refractivity contribution in [2.75, 3.05) is 33.4 Å². The molecule has 0 aromatic carbocycles. The lowest BCUT2D eigenvalue weighted by atomic mass is 9.98. The predicted octanol–water partition coefficient (Wildman–Crippen LogP) is 1.88. The molecule has 0 radical (unpaired) electrons. The molecule has 1 heterocycles. The molecule has 1 saturated heterocycles. The number of hydrogen-bond donors (Lipinski definition) is 1. The molecule has 0 bridgehead atoms. The highest BCUT2D eigenvalue weighted by Gasteiger charge is 2.29. The molecular weight excluding hydrogens is 200 g/mol. The van der Waals surface area contributed by atoms with Crippen LogP contribution in [-0.4, -0.2) is 49.8 Å². The maximum absolute atomic E-state index is 5.14. The van der Waals surface area contributed by atoms with E-state index in [1.165, 1.54) is 12.8 Å². The Labute approximate surface area is 101 Å². The number of methoxy groups -OCH3 is 1. The summed E-state index contributed by atoms with van der Waals surface area (Å²) in [5.74, 6) is 0. The van der Waals surface area contributed by atoms with Crippen LogP contribution >= 0.6 is 0 Å². The van der Waals surface area contributed by atoms with Crippen molar-refractivity contribution in [1.82, 2.24) is 10.2 Å². The molecule has 0 aliphatic carbocycles. The van der Waals surface area contributed by atoms with E-state index in [9.17, 15) is 0 Å². The second kappa shape index (κ2) is 6.58. The van der Waals surface area contributed by atoms with Crippen LogP contribution in [0, 0.1) is 0 Å². The molecule has 0 saturated carbocycles. The summed E-state index contributed by atoms with van der Waals surface area (Å²) >= 11 is 0. The van der Waals surface area contributed by atoms with Gasteiger partial charge in [-0.25, -0.2) is 0 Å². The molecule has 2 unspecified atom stereocenters.